The first-order valence-corrected chi connectivity index (χ1v) is 6.58. The van der Waals surface area contributed by atoms with Crippen LogP contribution in [-0.2, 0) is 0 Å². The number of carbonyl (C=O) groups is 1. The topological polar surface area (TPSA) is 72.2 Å². The van der Waals surface area contributed by atoms with Gasteiger partial charge in [-0.15, -0.1) is 11.6 Å². The molecule has 1 amide bonds. The van der Waals surface area contributed by atoms with E-state index in [1.807, 2.05) is 0 Å². The number of rotatable bonds is 6. The molecule has 5 nitrogen and oxygen atoms in total. The Hall–Kier alpha value is -1.62. The minimum atomic E-state index is -0.498. The molecule has 0 spiro atoms. The average Bonchev–Trinajstić information content (AvgIpc) is 2.37. The van der Waals surface area contributed by atoms with Crippen LogP contribution in [0.15, 0.2) is 24.3 Å². The van der Waals surface area contributed by atoms with Crippen LogP contribution < -0.4 is 5.32 Å². The highest BCUT2D eigenvalue weighted by Crippen LogP contribution is 2.13. The van der Waals surface area contributed by atoms with Gasteiger partial charge in [-0.2, -0.15) is 0 Å². The van der Waals surface area contributed by atoms with Gasteiger partial charge in [0.25, 0.3) is 11.6 Å². The molecule has 0 aliphatic rings. The molecule has 1 unspecified atom stereocenters. The summed E-state index contributed by atoms with van der Waals surface area (Å²) in [6.07, 6.45) is 0.794. The Labute approximate surface area is 117 Å². The van der Waals surface area contributed by atoms with E-state index in [1.165, 1.54) is 24.3 Å². The first-order valence-electron chi connectivity index (χ1n) is 6.05. The standard InChI is InChI=1S/C13H17ClN2O3/c1-9(2)7-11(8-14)15-13(17)10-3-5-12(6-4-10)16(18)19/h3-6,9,11H,7-8H2,1-2H3,(H,15,17). The number of carbonyl (C=O) groups excluding carboxylic acids is 1. The average molecular weight is 285 g/mol. The second-order valence-corrected chi connectivity index (χ2v) is 5.07. The summed E-state index contributed by atoms with van der Waals surface area (Å²) in [5.41, 5.74) is 0.358. The number of nitrogens with zero attached hydrogens (tertiary/aromatic N) is 1. The quantitative estimate of drug-likeness (QED) is 0.496. The van der Waals surface area contributed by atoms with Gasteiger partial charge in [-0.25, -0.2) is 0 Å². The van der Waals surface area contributed by atoms with Crippen molar-refractivity contribution in [3.63, 3.8) is 0 Å². The van der Waals surface area contributed by atoms with Crippen molar-refractivity contribution in [2.24, 2.45) is 5.92 Å². The molecule has 0 aliphatic carbocycles. The second-order valence-electron chi connectivity index (χ2n) is 4.76. The molecule has 104 valence electrons. The zero-order valence-electron chi connectivity index (χ0n) is 10.9. The molecule has 1 rings (SSSR count). The summed E-state index contributed by atoms with van der Waals surface area (Å²) in [6, 6.07) is 5.41. The highest BCUT2D eigenvalue weighted by molar-refractivity contribution is 6.18. The molecule has 1 aromatic carbocycles. The maximum atomic E-state index is 11.9. The molecule has 1 aromatic rings. The van der Waals surface area contributed by atoms with E-state index in [1.54, 1.807) is 0 Å². The molecule has 0 aromatic heterocycles. The van der Waals surface area contributed by atoms with Gasteiger partial charge >= 0.3 is 0 Å². The lowest BCUT2D eigenvalue weighted by Gasteiger charge is -2.18. The van der Waals surface area contributed by atoms with Crippen molar-refractivity contribution in [2.75, 3.05) is 5.88 Å². The molecule has 0 saturated heterocycles. The Balaban J connectivity index is 2.69. The molecule has 0 aliphatic heterocycles. The lowest BCUT2D eigenvalue weighted by molar-refractivity contribution is -0.384. The van der Waals surface area contributed by atoms with Crippen molar-refractivity contribution in [3.05, 3.63) is 39.9 Å². The Morgan fingerprint density at radius 1 is 1.37 bits per heavy atom. The smallest absolute Gasteiger partial charge is 0.269 e. The number of nitrogens with one attached hydrogen (secondary N) is 1. The van der Waals surface area contributed by atoms with Gasteiger partial charge < -0.3 is 5.32 Å². The van der Waals surface area contributed by atoms with Gasteiger partial charge in [-0.1, -0.05) is 13.8 Å². The third-order valence-corrected chi connectivity index (χ3v) is 2.99. The predicted octanol–water partition coefficient (Wildman–Crippen LogP) is 2.98. The molecular formula is C13H17ClN2O3. The number of amides is 1. The van der Waals surface area contributed by atoms with E-state index in [0.29, 0.717) is 17.4 Å². The third kappa shape index (κ3) is 4.87. The fourth-order valence-electron chi connectivity index (χ4n) is 1.73. The lowest BCUT2D eigenvalue weighted by Crippen LogP contribution is -2.37. The van der Waals surface area contributed by atoms with Gasteiger partial charge in [-0.3, -0.25) is 14.9 Å². The number of alkyl halides is 1. The molecular weight excluding hydrogens is 268 g/mol. The van der Waals surface area contributed by atoms with Crippen molar-refractivity contribution in [2.45, 2.75) is 26.3 Å². The van der Waals surface area contributed by atoms with Crippen molar-refractivity contribution in [3.8, 4) is 0 Å². The van der Waals surface area contributed by atoms with Crippen LogP contribution in [0.1, 0.15) is 30.6 Å². The predicted molar refractivity (Wildman–Crippen MR) is 74.5 cm³/mol. The van der Waals surface area contributed by atoms with E-state index in [4.69, 9.17) is 11.6 Å². The largest absolute Gasteiger partial charge is 0.348 e. The molecule has 0 fully saturated rings. The van der Waals surface area contributed by atoms with Gasteiger partial charge in [-0.05, 0) is 24.5 Å². The lowest BCUT2D eigenvalue weighted by atomic mass is 10.0. The molecule has 0 saturated carbocycles. The summed E-state index contributed by atoms with van der Waals surface area (Å²) in [5, 5.41) is 13.3. The normalized spacial score (nSPS) is 12.2. The van der Waals surface area contributed by atoms with Crippen molar-refractivity contribution in [1.82, 2.24) is 5.32 Å². The molecule has 0 bridgehead atoms. The maximum absolute atomic E-state index is 11.9. The Morgan fingerprint density at radius 2 is 1.95 bits per heavy atom. The molecule has 0 radical (unpaired) electrons. The van der Waals surface area contributed by atoms with E-state index in [-0.39, 0.29) is 17.6 Å². The number of non-ortho nitro benzene ring substituents is 1. The minimum Gasteiger partial charge on any atom is -0.348 e. The second kappa shape index (κ2) is 7.09. The van der Waals surface area contributed by atoms with Crippen LogP contribution in [0.25, 0.3) is 0 Å². The first-order chi connectivity index (χ1) is 8.93. The third-order valence-electron chi connectivity index (χ3n) is 2.62. The minimum absolute atomic E-state index is 0.0346. The van der Waals surface area contributed by atoms with Crippen LogP contribution in [0.5, 0.6) is 0 Å². The summed E-state index contributed by atoms with van der Waals surface area (Å²) in [5.74, 6) is 0.513. The molecule has 1 atom stereocenters. The van der Waals surface area contributed by atoms with Crippen molar-refractivity contribution >= 4 is 23.2 Å². The van der Waals surface area contributed by atoms with Gasteiger partial charge in [0.2, 0.25) is 0 Å². The molecule has 0 heterocycles. The van der Waals surface area contributed by atoms with Crippen LogP contribution in [0.2, 0.25) is 0 Å². The number of halogens is 1. The highest BCUT2D eigenvalue weighted by Gasteiger charge is 2.15. The van der Waals surface area contributed by atoms with Crippen LogP contribution in [0, 0.1) is 16.0 Å². The maximum Gasteiger partial charge on any atom is 0.269 e. The van der Waals surface area contributed by atoms with Crippen molar-refractivity contribution < 1.29 is 9.72 Å². The number of nitro benzene ring substituents is 1. The van der Waals surface area contributed by atoms with E-state index in [2.05, 4.69) is 19.2 Å². The number of hydrogen-bond acceptors (Lipinski definition) is 3. The van der Waals surface area contributed by atoms with Gasteiger partial charge in [0, 0.05) is 29.6 Å². The van der Waals surface area contributed by atoms with Crippen LogP contribution >= 0.6 is 11.6 Å². The Kier molecular flexibility index (Phi) is 5.76. The molecule has 19 heavy (non-hydrogen) atoms. The van der Waals surface area contributed by atoms with E-state index < -0.39 is 4.92 Å². The summed E-state index contributed by atoms with van der Waals surface area (Å²) in [4.78, 5) is 22.0. The summed E-state index contributed by atoms with van der Waals surface area (Å²) in [6.45, 7) is 4.11. The first kappa shape index (κ1) is 15.4. The van der Waals surface area contributed by atoms with Crippen LogP contribution in [0.4, 0.5) is 5.69 Å². The highest BCUT2D eigenvalue weighted by atomic mass is 35.5. The van der Waals surface area contributed by atoms with Gasteiger partial charge in [0.15, 0.2) is 0 Å². The Bertz CT molecular complexity index is 446. The summed E-state index contributed by atoms with van der Waals surface area (Å²) >= 11 is 5.81. The van der Waals surface area contributed by atoms with Crippen molar-refractivity contribution in [1.29, 1.82) is 0 Å². The van der Waals surface area contributed by atoms with Crippen LogP contribution in [0.3, 0.4) is 0 Å². The van der Waals surface area contributed by atoms with E-state index in [9.17, 15) is 14.9 Å². The number of benzene rings is 1. The summed E-state index contributed by atoms with van der Waals surface area (Å²) in [7, 11) is 0. The number of hydrogen-bond donors (Lipinski definition) is 1. The SMILES string of the molecule is CC(C)CC(CCl)NC(=O)c1ccc([N+](=O)[O-])cc1. The fraction of sp³-hybridized carbons (Fsp3) is 0.462. The summed E-state index contributed by atoms with van der Waals surface area (Å²) < 4.78 is 0. The zero-order chi connectivity index (χ0) is 14.4. The fourth-order valence-corrected chi connectivity index (χ4v) is 1.94. The van der Waals surface area contributed by atoms with Gasteiger partial charge in [0.1, 0.15) is 0 Å². The van der Waals surface area contributed by atoms with Crippen LogP contribution in [-0.4, -0.2) is 22.8 Å². The van der Waals surface area contributed by atoms with E-state index in [0.717, 1.165) is 6.42 Å². The molecule has 1 N–H and O–H groups in total. The zero-order valence-corrected chi connectivity index (χ0v) is 11.7. The number of nitro groups is 1. The molecule has 6 heteroatoms. The van der Waals surface area contributed by atoms with Gasteiger partial charge in [0.05, 0.1) is 4.92 Å². The monoisotopic (exact) mass is 284 g/mol. The van der Waals surface area contributed by atoms with E-state index >= 15 is 0 Å². The Morgan fingerprint density at radius 3 is 2.37 bits per heavy atom.